The molecule has 0 fully saturated rings. The summed E-state index contributed by atoms with van der Waals surface area (Å²) in [4.78, 5) is 28.9. The van der Waals surface area contributed by atoms with Crippen molar-refractivity contribution >= 4 is 17.7 Å². The van der Waals surface area contributed by atoms with Crippen LogP contribution < -0.4 is 10.6 Å². The second-order valence-electron chi connectivity index (χ2n) is 11.2. The number of methoxy groups -OCH3 is 1. The highest BCUT2D eigenvalue weighted by Crippen LogP contribution is 2.20. The minimum Gasteiger partial charge on any atom is -0.458 e. The summed E-state index contributed by atoms with van der Waals surface area (Å²) in [6, 6.07) is 3.84. The largest absolute Gasteiger partial charge is 0.458 e. The van der Waals surface area contributed by atoms with Gasteiger partial charge < -0.3 is 25.0 Å². The van der Waals surface area contributed by atoms with E-state index in [-0.39, 0.29) is 12.1 Å². The van der Waals surface area contributed by atoms with Crippen molar-refractivity contribution in [3.05, 3.63) is 41.3 Å². The number of carbonyl (C=O) groups excluding carboxylic acids is 1. The number of fused-ring (bicyclic) bond motifs is 1. The van der Waals surface area contributed by atoms with Crippen molar-refractivity contribution in [1.82, 2.24) is 19.9 Å². The summed E-state index contributed by atoms with van der Waals surface area (Å²) < 4.78 is 11.3. The average molecular weight is 527 g/mol. The van der Waals surface area contributed by atoms with Crippen LogP contribution in [0.25, 0.3) is 0 Å². The molecule has 210 valence electrons. The zero-order chi connectivity index (χ0) is 27.5. The predicted molar refractivity (Wildman–Crippen MR) is 152 cm³/mol. The summed E-state index contributed by atoms with van der Waals surface area (Å²) in [5, 5.41) is 6.62. The zero-order valence-electron chi connectivity index (χ0n) is 24.0. The molecule has 2 atom stereocenters. The molecule has 0 saturated heterocycles. The number of esters is 1. The molecule has 9 nitrogen and oxygen atoms in total. The number of rotatable bonds is 14. The molecular weight excluding hydrogens is 480 g/mol. The molecule has 2 aromatic heterocycles. The van der Waals surface area contributed by atoms with Crippen molar-refractivity contribution < 1.29 is 14.3 Å². The van der Waals surface area contributed by atoms with E-state index in [1.54, 1.807) is 19.5 Å². The van der Waals surface area contributed by atoms with Crippen molar-refractivity contribution in [3.63, 3.8) is 0 Å². The van der Waals surface area contributed by atoms with Gasteiger partial charge in [0.05, 0.1) is 6.10 Å². The first-order chi connectivity index (χ1) is 18.1. The Labute approximate surface area is 228 Å². The Kier molecular flexibility index (Phi) is 11.3. The van der Waals surface area contributed by atoms with Crippen LogP contribution >= 0.6 is 0 Å². The van der Waals surface area contributed by atoms with E-state index in [9.17, 15) is 4.79 Å². The molecular formula is C29H46N6O3. The van der Waals surface area contributed by atoms with E-state index in [0.717, 1.165) is 68.9 Å². The van der Waals surface area contributed by atoms with Gasteiger partial charge in [0.15, 0.2) is 0 Å². The molecule has 9 heteroatoms. The molecule has 38 heavy (non-hydrogen) atoms. The van der Waals surface area contributed by atoms with E-state index in [4.69, 9.17) is 14.5 Å². The average Bonchev–Trinajstić information content (AvgIpc) is 2.88. The van der Waals surface area contributed by atoms with Gasteiger partial charge in [-0.15, -0.1) is 0 Å². The van der Waals surface area contributed by atoms with Crippen molar-refractivity contribution in [1.29, 1.82) is 0 Å². The Morgan fingerprint density at radius 2 is 1.95 bits per heavy atom. The van der Waals surface area contributed by atoms with Crippen LogP contribution in [0.2, 0.25) is 0 Å². The van der Waals surface area contributed by atoms with Gasteiger partial charge in [-0.25, -0.2) is 19.7 Å². The summed E-state index contributed by atoms with van der Waals surface area (Å²) >= 11 is 0. The third-order valence-corrected chi connectivity index (χ3v) is 6.54. The van der Waals surface area contributed by atoms with Gasteiger partial charge in [-0.1, -0.05) is 6.07 Å². The number of nitrogens with one attached hydrogen (secondary N) is 2. The second-order valence-corrected chi connectivity index (χ2v) is 11.2. The number of carbonyl (C=O) groups is 1. The minimum absolute atomic E-state index is 0.0942. The van der Waals surface area contributed by atoms with Gasteiger partial charge in [0.2, 0.25) is 5.95 Å². The number of nitrogens with zero attached hydrogens (tertiary/aromatic N) is 4. The van der Waals surface area contributed by atoms with Gasteiger partial charge in [0, 0.05) is 44.8 Å². The van der Waals surface area contributed by atoms with E-state index in [1.165, 1.54) is 12.0 Å². The number of aryl methyl sites for hydroxylation is 3. The zero-order valence-corrected chi connectivity index (χ0v) is 24.0. The second kappa shape index (κ2) is 14.4. The summed E-state index contributed by atoms with van der Waals surface area (Å²) in [6.45, 7) is 13.1. The first kappa shape index (κ1) is 29.8. The third-order valence-electron chi connectivity index (χ3n) is 6.54. The van der Waals surface area contributed by atoms with Crippen LogP contribution in [0.1, 0.15) is 70.2 Å². The molecule has 2 unspecified atom stereocenters. The van der Waals surface area contributed by atoms with Gasteiger partial charge in [-0.05, 0) is 96.9 Å². The highest BCUT2D eigenvalue weighted by Gasteiger charge is 2.26. The van der Waals surface area contributed by atoms with Gasteiger partial charge in [0.1, 0.15) is 17.5 Å². The highest BCUT2D eigenvalue weighted by molar-refractivity contribution is 5.79. The topological polar surface area (TPSA) is 102 Å². The Morgan fingerprint density at radius 1 is 1.18 bits per heavy atom. The first-order valence-electron chi connectivity index (χ1n) is 13.9. The monoisotopic (exact) mass is 526 g/mol. The molecule has 0 radical (unpaired) electrons. The van der Waals surface area contributed by atoms with Crippen LogP contribution in [0, 0.1) is 6.92 Å². The summed E-state index contributed by atoms with van der Waals surface area (Å²) in [5.74, 6) is 1.19. The fourth-order valence-corrected chi connectivity index (χ4v) is 4.44. The molecule has 0 amide bonds. The summed E-state index contributed by atoms with van der Waals surface area (Å²) in [5.41, 5.74) is 2.85. The van der Waals surface area contributed by atoms with E-state index in [0.29, 0.717) is 12.4 Å². The molecule has 3 rings (SSSR count). The maximum Gasteiger partial charge on any atom is 0.329 e. The van der Waals surface area contributed by atoms with Crippen LogP contribution in [0.3, 0.4) is 0 Å². The molecule has 1 aliphatic heterocycles. The molecule has 2 N–H and O–H groups in total. The Balaban J connectivity index is 1.57. The maximum absolute atomic E-state index is 13.0. The number of pyridine rings is 1. The smallest absolute Gasteiger partial charge is 0.329 e. The molecule has 0 aliphatic carbocycles. The maximum atomic E-state index is 13.0. The lowest BCUT2D eigenvalue weighted by molar-refractivity contribution is -0.156. The van der Waals surface area contributed by atoms with Crippen LogP contribution in [-0.4, -0.2) is 76.9 Å². The van der Waals surface area contributed by atoms with E-state index >= 15 is 0 Å². The molecule has 1 aliphatic rings. The lowest BCUT2D eigenvalue weighted by atomic mass is 10.1. The van der Waals surface area contributed by atoms with E-state index < -0.39 is 11.6 Å². The quantitative estimate of drug-likeness (QED) is 0.274. The molecule has 0 spiro atoms. The number of aromatic nitrogens is 3. The molecule has 0 bridgehead atoms. The number of hydrogen-bond acceptors (Lipinski definition) is 9. The molecule has 3 heterocycles. The third kappa shape index (κ3) is 10.2. The summed E-state index contributed by atoms with van der Waals surface area (Å²) in [6.07, 6.45) is 9.46. The van der Waals surface area contributed by atoms with Gasteiger partial charge in [0.25, 0.3) is 0 Å². The van der Waals surface area contributed by atoms with Crippen molar-refractivity contribution in [2.24, 2.45) is 0 Å². The van der Waals surface area contributed by atoms with Crippen molar-refractivity contribution in [3.8, 4) is 0 Å². The highest BCUT2D eigenvalue weighted by atomic mass is 16.6. The normalized spacial score (nSPS) is 14.9. The van der Waals surface area contributed by atoms with Crippen molar-refractivity contribution in [2.75, 3.05) is 43.9 Å². The van der Waals surface area contributed by atoms with Gasteiger partial charge in [-0.2, -0.15) is 0 Å². The van der Waals surface area contributed by atoms with Crippen LogP contribution in [0.4, 0.5) is 11.8 Å². The number of anilines is 2. The molecule has 0 aromatic carbocycles. The number of hydrogen-bond donors (Lipinski definition) is 2. The van der Waals surface area contributed by atoms with E-state index in [1.807, 2.05) is 27.7 Å². The summed E-state index contributed by atoms with van der Waals surface area (Å²) in [7, 11) is 1.73. The van der Waals surface area contributed by atoms with E-state index in [2.05, 4.69) is 44.6 Å². The fraction of sp³-hybridized carbons (Fsp3) is 0.655. The minimum atomic E-state index is -0.574. The van der Waals surface area contributed by atoms with Crippen LogP contribution in [0.5, 0.6) is 0 Å². The fourth-order valence-electron chi connectivity index (χ4n) is 4.44. The van der Waals surface area contributed by atoms with Crippen LogP contribution in [0.15, 0.2) is 24.5 Å². The molecule has 2 aromatic rings. The predicted octanol–water partition coefficient (Wildman–Crippen LogP) is 4.41. The number of unbranched alkanes of at least 4 members (excludes halogenated alkanes) is 1. The van der Waals surface area contributed by atoms with Crippen molar-refractivity contribution in [2.45, 2.75) is 90.9 Å². The number of ether oxygens (including phenoxy) is 2. The Bertz CT molecular complexity index is 1010. The van der Waals surface area contributed by atoms with Gasteiger partial charge in [-0.3, -0.25) is 0 Å². The Hall–Kier alpha value is -2.78. The van der Waals surface area contributed by atoms with Crippen LogP contribution in [-0.2, 0) is 27.1 Å². The first-order valence-corrected chi connectivity index (χ1v) is 13.9. The SMILES string of the molecule is COC(C)CN(CCCCc1ccc2c(n1)NCCC2)CCC(Nc1ncc(C)cn1)C(=O)OC(C)(C)C. The Morgan fingerprint density at radius 3 is 2.66 bits per heavy atom. The standard InChI is InChI=1S/C29H46N6O3/c1-21-18-31-28(32-19-21)34-25(27(36)38-29(3,4)5)14-17-35(20-22(2)37-6)16-8-7-11-24-13-12-23-10-9-15-30-26(23)33-24/h12-13,18-19,22,25H,7-11,14-17,20H2,1-6H3,(H,30,33)(H,31,32,34). The lowest BCUT2D eigenvalue weighted by Crippen LogP contribution is -2.41. The lowest BCUT2D eigenvalue weighted by Gasteiger charge is -2.28. The van der Waals surface area contributed by atoms with Gasteiger partial charge >= 0.3 is 5.97 Å². The molecule has 0 saturated carbocycles.